The maximum atomic E-state index is 11.7. The van der Waals surface area contributed by atoms with Crippen LogP contribution in [0.5, 0.6) is 0 Å². The quantitative estimate of drug-likeness (QED) is 0.126. The molecule has 3 N–H and O–H groups in total. The fourth-order valence-corrected chi connectivity index (χ4v) is 3.29. The Bertz CT molecular complexity index is 530. The van der Waals surface area contributed by atoms with Gasteiger partial charge in [-0.05, 0) is 32.1 Å². The molecule has 180 valence electrons. The summed E-state index contributed by atoms with van der Waals surface area (Å²) in [6.45, 7) is 2.38. The molecule has 7 nitrogen and oxygen atoms in total. The van der Waals surface area contributed by atoms with Gasteiger partial charge in [-0.2, -0.15) is 0 Å². The number of carboxylic acids is 2. The smallest absolute Gasteiger partial charge is 0.336 e. The molecule has 1 unspecified atom stereocenters. The molecule has 0 amide bonds. The number of carboxylic acid groups (broad SMARTS) is 2. The van der Waals surface area contributed by atoms with E-state index in [1.165, 1.54) is 57.8 Å². The van der Waals surface area contributed by atoms with Crippen molar-refractivity contribution < 1.29 is 34.4 Å². The van der Waals surface area contributed by atoms with Crippen molar-refractivity contribution in [2.75, 3.05) is 6.61 Å². The van der Waals surface area contributed by atoms with Gasteiger partial charge in [0.1, 0.15) is 0 Å². The van der Waals surface area contributed by atoms with Crippen LogP contribution in [0.15, 0.2) is 12.2 Å². The van der Waals surface area contributed by atoms with Crippen LogP contribution < -0.4 is 0 Å². The molecule has 0 rings (SSSR count). The van der Waals surface area contributed by atoms with Crippen LogP contribution in [0.4, 0.5) is 0 Å². The Kier molecular flexibility index (Phi) is 17.7. The summed E-state index contributed by atoms with van der Waals surface area (Å²) in [5, 5.41) is 27.4. The van der Waals surface area contributed by atoms with Gasteiger partial charge in [-0.1, -0.05) is 76.9 Å². The Hall–Kier alpha value is -1.89. The highest BCUT2D eigenvalue weighted by Gasteiger charge is 2.41. The first-order valence-electron chi connectivity index (χ1n) is 11.8. The van der Waals surface area contributed by atoms with E-state index in [-0.39, 0.29) is 6.61 Å². The summed E-state index contributed by atoms with van der Waals surface area (Å²) in [6, 6.07) is 0. The van der Waals surface area contributed by atoms with Gasteiger partial charge in [-0.25, -0.2) is 4.79 Å². The Morgan fingerprint density at radius 1 is 0.742 bits per heavy atom. The lowest BCUT2D eigenvalue weighted by Crippen LogP contribution is -2.43. The number of rotatable bonds is 21. The second-order valence-electron chi connectivity index (χ2n) is 8.24. The highest BCUT2D eigenvalue weighted by molar-refractivity contribution is 5.88. The summed E-state index contributed by atoms with van der Waals surface area (Å²) in [6.07, 6.45) is 19.0. The number of allylic oxidation sites excluding steroid dienone is 2. The van der Waals surface area contributed by atoms with Gasteiger partial charge in [-0.15, -0.1) is 0 Å². The SMILES string of the molecule is CCCCCCCC/C=C\CCCCCCCCOC(=O)CC(O)(CC(=O)O)C(=O)O. The lowest BCUT2D eigenvalue weighted by Gasteiger charge is -2.20. The minimum absolute atomic E-state index is 0.142. The van der Waals surface area contributed by atoms with Crippen LogP contribution in [0.3, 0.4) is 0 Å². The third-order valence-electron chi connectivity index (χ3n) is 5.20. The molecule has 0 aromatic heterocycles. The van der Waals surface area contributed by atoms with Crippen molar-refractivity contribution in [2.45, 2.75) is 115 Å². The van der Waals surface area contributed by atoms with Gasteiger partial charge in [0.05, 0.1) is 19.4 Å². The number of aliphatic carboxylic acids is 2. The van der Waals surface area contributed by atoms with Crippen LogP contribution in [0.2, 0.25) is 0 Å². The van der Waals surface area contributed by atoms with Crippen molar-refractivity contribution >= 4 is 17.9 Å². The molecule has 0 aliphatic rings. The van der Waals surface area contributed by atoms with Gasteiger partial charge in [0.2, 0.25) is 0 Å². The number of aliphatic hydroxyl groups is 1. The Balaban J connectivity index is 3.57. The molecule has 7 heteroatoms. The number of carbonyl (C=O) groups is 3. The molecule has 0 aromatic rings. The predicted molar refractivity (Wildman–Crippen MR) is 120 cm³/mol. The third-order valence-corrected chi connectivity index (χ3v) is 5.20. The van der Waals surface area contributed by atoms with Crippen LogP contribution in [0.1, 0.15) is 110 Å². The molecule has 0 saturated heterocycles. The molecular formula is C24H42O7. The zero-order chi connectivity index (χ0) is 23.4. The zero-order valence-corrected chi connectivity index (χ0v) is 19.2. The summed E-state index contributed by atoms with van der Waals surface area (Å²) < 4.78 is 4.92. The number of esters is 1. The van der Waals surface area contributed by atoms with E-state index < -0.39 is 36.4 Å². The first-order chi connectivity index (χ1) is 14.8. The summed E-state index contributed by atoms with van der Waals surface area (Å²) in [5.41, 5.74) is -2.63. The molecule has 0 spiro atoms. The van der Waals surface area contributed by atoms with Crippen LogP contribution in [0, 0.1) is 0 Å². The van der Waals surface area contributed by atoms with Crippen LogP contribution in [-0.4, -0.2) is 45.4 Å². The standard InChI is InChI=1S/C24H42O7/c1-2-3-4-5-6-7-8-9-10-11-12-13-14-15-16-17-18-31-22(27)20-24(30,23(28)29)19-21(25)26/h9-10,30H,2-8,11-20H2,1H3,(H,25,26)(H,28,29)/b10-9-. The van der Waals surface area contributed by atoms with E-state index in [9.17, 15) is 19.5 Å². The van der Waals surface area contributed by atoms with E-state index in [0.29, 0.717) is 6.42 Å². The molecule has 0 bridgehead atoms. The lowest BCUT2D eigenvalue weighted by molar-refractivity contribution is -0.172. The van der Waals surface area contributed by atoms with Crippen LogP contribution in [-0.2, 0) is 19.1 Å². The number of hydrogen-bond donors (Lipinski definition) is 3. The first-order valence-corrected chi connectivity index (χ1v) is 11.8. The van der Waals surface area contributed by atoms with Gasteiger partial charge in [-0.3, -0.25) is 9.59 Å². The van der Waals surface area contributed by atoms with E-state index in [4.69, 9.17) is 14.9 Å². The normalized spacial score (nSPS) is 13.2. The summed E-state index contributed by atoms with van der Waals surface area (Å²) >= 11 is 0. The number of ether oxygens (including phenoxy) is 1. The molecule has 1 atom stereocenters. The average Bonchev–Trinajstić information content (AvgIpc) is 2.69. The fourth-order valence-electron chi connectivity index (χ4n) is 3.29. The highest BCUT2D eigenvalue weighted by Crippen LogP contribution is 2.17. The van der Waals surface area contributed by atoms with Crippen LogP contribution in [0.25, 0.3) is 0 Å². The number of unbranched alkanes of at least 4 members (excludes halogenated alkanes) is 12. The van der Waals surface area contributed by atoms with E-state index in [1.807, 2.05) is 0 Å². The van der Waals surface area contributed by atoms with Crippen molar-refractivity contribution in [3.63, 3.8) is 0 Å². The number of hydrogen-bond acceptors (Lipinski definition) is 5. The Morgan fingerprint density at radius 2 is 1.23 bits per heavy atom. The molecule has 0 heterocycles. The average molecular weight is 443 g/mol. The summed E-state index contributed by atoms with van der Waals surface area (Å²) in [4.78, 5) is 33.3. The first kappa shape index (κ1) is 29.1. The molecule has 0 saturated carbocycles. The molecule has 0 fully saturated rings. The summed E-state index contributed by atoms with van der Waals surface area (Å²) in [7, 11) is 0. The van der Waals surface area contributed by atoms with E-state index in [2.05, 4.69) is 19.1 Å². The highest BCUT2D eigenvalue weighted by atomic mass is 16.5. The van der Waals surface area contributed by atoms with Gasteiger partial charge in [0.25, 0.3) is 0 Å². The van der Waals surface area contributed by atoms with E-state index in [0.717, 1.165) is 25.7 Å². The van der Waals surface area contributed by atoms with Crippen molar-refractivity contribution in [3.8, 4) is 0 Å². The largest absolute Gasteiger partial charge is 0.481 e. The van der Waals surface area contributed by atoms with Gasteiger partial charge in [0, 0.05) is 0 Å². The minimum Gasteiger partial charge on any atom is -0.481 e. The van der Waals surface area contributed by atoms with Crippen LogP contribution >= 0.6 is 0 Å². The van der Waals surface area contributed by atoms with Crippen molar-refractivity contribution in [2.24, 2.45) is 0 Å². The maximum Gasteiger partial charge on any atom is 0.336 e. The van der Waals surface area contributed by atoms with Gasteiger partial charge in [0.15, 0.2) is 5.60 Å². The second-order valence-corrected chi connectivity index (χ2v) is 8.24. The third kappa shape index (κ3) is 17.5. The Labute approximate surface area is 186 Å². The summed E-state index contributed by atoms with van der Waals surface area (Å²) in [5.74, 6) is -4.14. The van der Waals surface area contributed by atoms with Crippen molar-refractivity contribution in [1.29, 1.82) is 0 Å². The molecule has 0 radical (unpaired) electrons. The lowest BCUT2D eigenvalue weighted by atomic mass is 9.96. The van der Waals surface area contributed by atoms with Crippen molar-refractivity contribution in [1.82, 2.24) is 0 Å². The number of carbonyl (C=O) groups excluding carboxylic acids is 1. The van der Waals surface area contributed by atoms with Gasteiger partial charge >= 0.3 is 17.9 Å². The fraction of sp³-hybridized carbons (Fsp3) is 0.792. The molecule has 0 aliphatic heterocycles. The molecule has 0 aromatic carbocycles. The van der Waals surface area contributed by atoms with Crippen molar-refractivity contribution in [3.05, 3.63) is 12.2 Å². The van der Waals surface area contributed by atoms with E-state index >= 15 is 0 Å². The Morgan fingerprint density at radius 3 is 1.71 bits per heavy atom. The molecular weight excluding hydrogens is 400 g/mol. The monoisotopic (exact) mass is 442 g/mol. The molecule has 0 aliphatic carbocycles. The van der Waals surface area contributed by atoms with E-state index in [1.54, 1.807) is 0 Å². The topological polar surface area (TPSA) is 121 Å². The zero-order valence-electron chi connectivity index (χ0n) is 19.2. The maximum absolute atomic E-state index is 11.7. The van der Waals surface area contributed by atoms with Gasteiger partial charge < -0.3 is 20.1 Å². The predicted octanol–water partition coefficient (Wildman–Crippen LogP) is 5.25. The second kappa shape index (κ2) is 18.8. The molecule has 31 heavy (non-hydrogen) atoms. The minimum atomic E-state index is -2.63.